The van der Waals surface area contributed by atoms with Gasteiger partial charge in [-0.15, -0.1) is 0 Å². The van der Waals surface area contributed by atoms with Crippen molar-refractivity contribution in [3.05, 3.63) is 41.2 Å². The zero-order chi connectivity index (χ0) is 19.0. The molecule has 0 aliphatic heterocycles. The molecule has 25 heavy (non-hydrogen) atoms. The van der Waals surface area contributed by atoms with Gasteiger partial charge in [0.05, 0.1) is 23.7 Å². The first-order valence-corrected chi connectivity index (χ1v) is 7.98. The second-order valence-corrected chi connectivity index (χ2v) is 6.49. The van der Waals surface area contributed by atoms with E-state index in [2.05, 4.69) is 5.10 Å². The van der Waals surface area contributed by atoms with E-state index in [9.17, 15) is 31.6 Å². The number of nitrogens with two attached hydrogens (primary N) is 2. The minimum absolute atomic E-state index is 0.0695. The van der Waals surface area contributed by atoms with E-state index in [1.807, 2.05) is 0 Å². The number of sulfonamides is 1. The largest absolute Gasteiger partial charge is 0.419 e. The summed E-state index contributed by atoms with van der Waals surface area (Å²) in [7, 11) is -4.44. The summed E-state index contributed by atoms with van der Waals surface area (Å²) >= 11 is 0. The molecule has 0 aliphatic rings. The summed E-state index contributed by atoms with van der Waals surface area (Å²) in [6.45, 7) is 0. The molecule has 0 saturated carbocycles. The molecule has 0 spiro atoms. The molecule has 1 aromatic heterocycles. The average molecular weight is 373 g/mol. The van der Waals surface area contributed by atoms with Crippen molar-refractivity contribution in [1.82, 2.24) is 9.78 Å². The lowest BCUT2D eigenvalue weighted by Gasteiger charge is -2.12. The molecule has 2 rings (SSSR count). The van der Waals surface area contributed by atoms with Gasteiger partial charge in [0.2, 0.25) is 15.9 Å². The molecule has 1 amide bonds. The molecular weight excluding hydrogens is 363 g/mol. The van der Waals surface area contributed by atoms with E-state index in [1.54, 1.807) is 6.07 Å². The van der Waals surface area contributed by atoms with Gasteiger partial charge < -0.3 is 5.73 Å². The van der Waals surface area contributed by atoms with Crippen LogP contribution in [0.5, 0.6) is 0 Å². The first-order chi connectivity index (χ1) is 11.4. The van der Waals surface area contributed by atoms with Gasteiger partial charge in [-0.25, -0.2) is 18.2 Å². The number of nitrogens with zero attached hydrogens (tertiary/aromatic N) is 3. The Morgan fingerprint density at radius 3 is 2.44 bits per heavy atom. The number of alkyl halides is 3. The number of hydrogen-bond acceptors (Lipinski definition) is 5. The minimum atomic E-state index is -4.71. The number of halogens is 3. The van der Waals surface area contributed by atoms with Crippen LogP contribution in [0.25, 0.3) is 5.69 Å². The molecule has 132 valence electrons. The van der Waals surface area contributed by atoms with Crippen LogP contribution in [0.1, 0.15) is 16.7 Å². The predicted molar refractivity (Wildman–Crippen MR) is 77.6 cm³/mol. The molecule has 1 aromatic carbocycles. The van der Waals surface area contributed by atoms with Gasteiger partial charge in [-0.05, 0) is 17.7 Å². The number of carbonyl (C=O) groups excluding carboxylic acids is 1. The van der Waals surface area contributed by atoms with Crippen molar-refractivity contribution >= 4 is 15.9 Å². The van der Waals surface area contributed by atoms with Crippen molar-refractivity contribution in [3.8, 4) is 11.8 Å². The Hall–Kier alpha value is -2.91. The molecule has 8 nitrogen and oxygen atoms in total. The summed E-state index contributed by atoms with van der Waals surface area (Å²) < 4.78 is 62.4. The van der Waals surface area contributed by atoms with E-state index < -0.39 is 38.3 Å². The maximum absolute atomic E-state index is 12.7. The molecule has 0 aliphatic carbocycles. The van der Waals surface area contributed by atoms with Crippen LogP contribution in [0.4, 0.5) is 13.2 Å². The van der Waals surface area contributed by atoms with Crippen molar-refractivity contribution in [1.29, 1.82) is 5.26 Å². The first-order valence-electron chi connectivity index (χ1n) is 6.44. The monoisotopic (exact) mass is 373 g/mol. The van der Waals surface area contributed by atoms with E-state index in [1.165, 1.54) is 0 Å². The third-order valence-electron chi connectivity index (χ3n) is 3.08. The predicted octanol–water partition coefficient (Wildman–Crippen LogP) is 0.438. The lowest BCUT2D eigenvalue weighted by molar-refractivity contribution is -0.137. The fourth-order valence-electron chi connectivity index (χ4n) is 2.10. The fourth-order valence-corrected chi connectivity index (χ4v) is 2.89. The highest BCUT2D eigenvalue weighted by Crippen LogP contribution is 2.31. The highest BCUT2D eigenvalue weighted by Gasteiger charge is 2.33. The number of benzene rings is 1. The van der Waals surface area contributed by atoms with Crippen molar-refractivity contribution in [2.45, 2.75) is 17.5 Å². The number of carbonyl (C=O) groups is 1. The molecule has 0 atom stereocenters. The zero-order valence-electron chi connectivity index (χ0n) is 12.3. The molecule has 0 bridgehead atoms. The van der Waals surface area contributed by atoms with Gasteiger partial charge in [-0.2, -0.15) is 23.5 Å². The quantitative estimate of drug-likeness (QED) is 0.799. The van der Waals surface area contributed by atoms with Crippen LogP contribution in [0.15, 0.2) is 29.4 Å². The Kier molecular flexibility index (Phi) is 4.56. The number of nitriles is 1. The molecule has 0 radical (unpaired) electrons. The first kappa shape index (κ1) is 18.4. The molecular formula is C13H10F3N5O3S. The minimum Gasteiger partial charge on any atom is -0.369 e. The molecule has 4 N–H and O–H groups in total. The SMILES string of the molecule is N#Cc1cc(CC(N)=O)cc(S(N)(=O)=O)c1-n1cc(C(F)(F)F)cn1. The van der Waals surface area contributed by atoms with E-state index in [0.717, 1.165) is 12.1 Å². The normalized spacial score (nSPS) is 12.0. The number of amides is 1. The molecule has 0 saturated heterocycles. The smallest absolute Gasteiger partial charge is 0.369 e. The third kappa shape index (κ3) is 3.95. The fraction of sp³-hybridized carbons (Fsp3) is 0.154. The van der Waals surface area contributed by atoms with Gasteiger partial charge in [0.25, 0.3) is 0 Å². The van der Waals surface area contributed by atoms with Crippen LogP contribution < -0.4 is 10.9 Å². The highest BCUT2D eigenvalue weighted by atomic mass is 32.2. The van der Waals surface area contributed by atoms with Gasteiger partial charge in [-0.1, -0.05) is 0 Å². The van der Waals surface area contributed by atoms with Crippen LogP contribution in [0.3, 0.4) is 0 Å². The van der Waals surface area contributed by atoms with E-state index in [0.29, 0.717) is 17.1 Å². The summed E-state index contributed by atoms with van der Waals surface area (Å²) in [4.78, 5) is 10.4. The van der Waals surface area contributed by atoms with Crippen molar-refractivity contribution in [2.24, 2.45) is 10.9 Å². The second-order valence-electron chi connectivity index (χ2n) is 4.96. The number of rotatable bonds is 4. The van der Waals surface area contributed by atoms with E-state index in [-0.39, 0.29) is 17.5 Å². The Morgan fingerprint density at radius 1 is 1.36 bits per heavy atom. The number of hydrogen-bond donors (Lipinski definition) is 2. The Labute approximate surface area is 139 Å². The van der Waals surface area contributed by atoms with Crippen LogP contribution in [-0.2, 0) is 27.4 Å². The third-order valence-corrected chi connectivity index (χ3v) is 4.00. The average Bonchev–Trinajstić information content (AvgIpc) is 2.94. The molecule has 12 heteroatoms. The van der Waals surface area contributed by atoms with Crippen LogP contribution in [-0.4, -0.2) is 24.1 Å². The number of primary amides is 1. The van der Waals surface area contributed by atoms with Crippen molar-refractivity contribution in [2.75, 3.05) is 0 Å². The van der Waals surface area contributed by atoms with Crippen molar-refractivity contribution in [3.63, 3.8) is 0 Å². The Bertz CT molecular complexity index is 989. The summed E-state index contributed by atoms with van der Waals surface area (Å²) in [6.07, 6.45) is -4.09. The van der Waals surface area contributed by atoms with Crippen LogP contribution in [0, 0.1) is 11.3 Å². The van der Waals surface area contributed by atoms with Gasteiger partial charge in [0.1, 0.15) is 16.7 Å². The molecule has 0 unspecified atom stereocenters. The summed E-state index contributed by atoms with van der Waals surface area (Å²) in [6, 6.07) is 3.75. The number of primary sulfonamides is 1. The van der Waals surface area contributed by atoms with Gasteiger partial charge in [0, 0.05) is 6.20 Å². The lowest BCUT2D eigenvalue weighted by atomic mass is 10.1. The maximum Gasteiger partial charge on any atom is 0.419 e. The van der Waals surface area contributed by atoms with Gasteiger partial charge >= 0.3 is 6.18 Å². The molecule has 0 fully saturated rings. The standard InChI is InChI=1S/C13H10F3N5O3S/c14-13(15,16)9-5-20-21(6-9)12-8(4-17)1-7(3-11(18)22)2-10(12)25(19,23)24/h1-2,5-6H,3H2,(H2,18,22)(H2,19,23,24). The maximum atomic E-state index is 12.7. The highest BCUT2D eigenvalue weighted by molar-refractivity contribution is 7.89. The summed E-state index contributed by atoms with van der Waals surface area (Å²) in [5.74, 6) is -0.796. The molecule has 2 aromatic rings. The van der Waals surface area contributed by atoms with Gasteiger partial charge in [0.15, 0.2) is 0 Å². The Balaban J connectivity index is 2.78. The van der Waals surface area contributed by atoms with E-state index in [4.69, 9.17) is 10.9 Å². The second kappa shape index (κ2) is 6.19. The summed E-state index contributed by atoms with van der Waals surface area (Å²) in [5.41, 5.74) is 3.18. The topological polar surface area (TPSA) is 145 Å². The zero-order valence-corrected chi connectivity index (χ0v) is 13.1. The Morgan fingerprint density at radius 2 is 2.00 bits per heavy atom. The lowest BCUT2D eigenvalue weighted by Crippen LogP contribution is -2.19. The van der Waals surface area contributed by atoms with E-state index >= 15 is 0 Å². The van der Waals surface area contributed by atoms with Crippen molar-refractivity contribution < 1.29 is 26.4 Å². The number of aromatic nitrogens is 2. The molecule has 1 heterocycles. The van der Waals surface area contributed by atoms with Crippen LogP contribution in [0.2, 0.25) is 0 Å². The summed E-state index contributed by atoms with van der Waals surface area (Å²) in [5, 5.41) is 17.8. The van der Waals surface area contributed by atoms with Crippen LogP contribution >= 0.6 is 0 Å². The van der Waals surface area contributed by atoms with Gasteiger partial charge in [-0.3, -0.25) is 4.79 Å².